The highest BCUT2D eigenvalue weighted by Crippen LogP contribution is 2.23. The first kappa shape index (κ1) is 26.0. The molecule has 1 fully saturated rings. The summed E-state index contributed by atoms with van der Waals surface area (Å²) < 4.78 is 5.38. The van der Waals surface area contributed by atoms with Gasteiger partial charge in [-0.3, -0.25) is 9.89 Å². The number of thiazole rings is 1. The molecule has 31 heavy (non-hydrogen) atoms. The smallest absolute Gasteiger partial charge is 0.191 e. The Morgan fingerprint density at radius 2 is 2.00 bits per heavy atom. The van der Waals surface area contributed by atoms with Gasteiger partial charge in [0.2, 0.25) is 0 Å². The third-order valence-corrected chi connectivity index (χ3v) is 5.78. The number of aliphatic hydroxyl groups is 1. The minimum absolute atomic E-state index is 0. The Morgan fingerprint density at radius 3 is 2.71 bits per heavy atom. The van der Waals surface area contributed by atoms with Crippen LogP contribution < -0.4 is 10.6 Å². The number of hydrogen-bond donors (Lipinski definition) is 3. The second-order valence-corrected chi connectivity index (χ2v) is 8.63. The summed E-state index contributed by atoms with van der Waals surface area (Å²) in [5, 5.41) is 20.5. The number of nitrogens with zero attached hydrogens (tertiary/aromatic N) is 3. The molecule has 1 unspecified atom stereocenters. The molecule has 9 heteroatoms. The summed E-state index contributed by atoms with van der Waals surface area (Å²) in [5.41, 5.74) is 1.35. The monoisotopic (exact) mass is 559 g/mol. The molecule has 0 spiro atoms. The molecule has 1 aliphatic rings. The van der Waals surface area contributed by atoms with E-state index in [0.29, 0.717) is 13.1 Å². The van der Waals surface area contributed by atoms with Crippen LogP contribution in [0.5, 0.6) is 0 Å². The minimum Gasteiger partial charge on any atom is -0.387 e. The number of morpholine rings is 1. The number of β-amino-alcohol motifs (C(OH)–C–C–N with tert-alkyl or cyclic N) is 1. The average Bonchev–Trinajstić information content (AvgIpc) is 3.22. The summed E-state index contributed by atoms with van der Waals surface area (Å²) >= 11 is 1.67. The van der Waals surface area contributed by atoms with Crippen LogP contribution in [0.3, 0.4) is 0 Å². The third-order valence-electron chi connectivity index (χ3n) is 4.84. The molecule has 0 radical (unpaired) electrons. The standard InChI is InChI=1S/C22H33N5O2S.HI/c1-3-23-21(25-16-22(2,28)17-27-11-13-29-14-12-27)24-10-9-19-15-30-20(26-19)18-7-5-4-6-8-18;/h4-8,15,28H,3,9-14,16-17H2,1-2H3,(H2,23,24,25);1H. The Balaban J connectivity index is 0.00000341. The maximum absolute atomic E-state index is 10.7. The van der Waals surface area contributed by atoms with Gasteiger partial charge in [0.25, 0.3) is 0 Å². The zero-order valence-electron chi connectivity index (χ0n) is 18.3. The van der Waals surface area contributed by atoms with Crippen molar-refractivity contribution in [2.75, 3.05) is 52.5 Å². The van der Waals surface area contributed by atoms with E-state index in [1.54, 1.807) is 11.3 Å². The SMILES string of the molecule is CCNC(=NCC(C)(O)CN1CCOCC1)NCCc1csc(-c2ccccc2)n1.I. The lowest BCUT2D eigenvalue weighted by Crippen LogP contribution is -2.48. The van der Waals surface area contributed by atoms with Crippen LogP contribution in [0, 0.1) is 0 Å². The first-order valence-corrected chi connectivity index (χ1v) is 11.5. The molecule has 0 bridgehead atoms. The van der Waals surface area contributed by atoms with Crippen LogP contribution >= 0.6 is 35.3 Å². The van der Waals surface area contributed by atoms with Gasteiger partial charge in [0.05, 0.1) is 31.1 Å². The predicted octanol–water partition coefficient (Wildman–Crippen LogP) is 2.61. The molecular weight excluding hydrogens is 525 g/mol. The zero-order valence-corrected chi connectivity index (χ0v) is 21.5. The van der Waals surface area contributed by atoms with Crippen molar-refractivity contribution in [2.24, 2.45) is 4.99 Å². The quantitative estimate of drug-likeness (QED) is 0.249. The van der Waals surface area contributed by atoms with E-state index >= 15 is 0 Å². The van der Waals surface area contributed by atoms with Crippen LogP contribution in [-0.4, -0.2) is 79.0 Å². The van der Waals surface area contributed by atoms with E-state index in [0.717, 1.165) is 68.0 Å². The zero-order chi connectivity index (χ0) is 21.2. The Morgan fingerprint density at radius 1 is 1.26 bits per heavy atom. The molecule has 7 nitrogen and oxygen atoms in total. The van der Waals surface area contributed by atoms with Crippen LogP contribution in [0.15, 0.2) is 40.7 Å². The third kappa shape index (κ3) is 9.01. The number of aliphatic imine (C=N–C) groups is 1. The first-order valence-electron chi connectivity index (χ1n) is 10.6. The molecular formula is C22H34IN5O2S. The van der Waals surface area contributed by atoms with E-state index in [2.05, 4.69) is 38.0 Å². The fourth-order valence-electron chi connectivity index (χ4n) is 3.33. The number of halogens is 1. The summed E-state index contributed by atoms with van der Waals surface area (Å²) in [6, 6.07) is 10.2. The lowest BCUT2D eigenvalue weighted by Gasteiger charge is -2.33. The van der Waals surface area contributed by atoms with Crippen LogP contribution in [0.25, 0.3) is 10.6 Å². The molecule has 0 saturated carbocycles. The van der Waals surface area contributed by atoms with Crippen molar-refractivity contribution in [3.05, 3.63) is 41.4 Å². The second kappa shape index (κ2) is 13.3. The van der Waals surface area contributed by atoms with E-state index in [1.165, 1.54) is 0 Å². The number of nitrogens with one attached hydrogen (secondary N) is 2. The summed E-state index contributed by atoms with van der Waals surface area (Å²) in [5.74, 6) is 0.721. The second-order valence-electron chi connectivity index (χ2n) is 7.77. The molecule has 1 saturated heterocycles. The normalized spacial score (nSPS) is 16.9. The number of rotatable bonds is 9. The average molecular weight is 560 g/mol. The molecule has 172 valence electrons. The van der Waals surface area contributed by atoms with Gasteiger partial charge in [-0.15, -0.1) is 35.3 Å². The van der Waals surface area contributed by atoms with Crippen LogP contribution in [-0.2, 0) is 11.2 Å². The maximum atomic E-state index is 10.7. The molecule has 3 N–H and O–H groups in total. The van der Waals surface area contributed by atoms with E-state index in [1.807, 2.05) is 32.0 Å². The van der Waals surface area contributed by atoms with E-state index < -0.39 is 5.60 Å². The summed E-state index contributed by atoms with van der Waals surface area (Å²) in [6.45, 7) is 9.49. The molecule has 1 aromatic carbocycles. The van der Waals surface area contributed by atoms with Gasteiger partial charge in [-0.05, 0) is 13.8 Å². The number of guanidine groups is 1. The van der Waals surface area contributed by atoms with Gasteiger partial charge in [-0.1, -0.05) is 30.3 Å². The summed E-state index contributed by atoms with van der Waals surface area (Å²) in [7, 11) is 0. The maximum Gasteiger partial charge on any atom is 0.191 e. The van der Waals surface area contributed by atoms with E-state index in [9.17, 15) is 5.11 Å². The number of benzene rings is 1. The molecule has 0 amide bonds. The summed E-state index contributed by atoms with van der Waals surface area (Å²) in [4.78, 5) is 11.6. The van der Waals surface area contributed by atoms with Gasteiger partial charge in [0, 0.05) is 50.1 Å². The highest BCUT2D eigenvalue weighted by molar-refractivity contribution is 14.0. The Bertz CT molecular complexity index is 794. The highest BCUT2D eigenvalue weighted by atomic mass is 127. The lowest BCUT2D eigenvalue weighted by molar-refractivity contribution is -0.0179. The van der Waals surface area contributed by atoms with Crippen molar-refractivity contribution in [3.8, 4) is 10.6 Å². The molecule has 0 aliphatic carbocycles. The van der Waals surface area contributed by atoms with Crippen LogP contribution in [0.4, 0.5) is 0 Å². The van der Waals surface area contributed by atoms with Gasteiger partial charge in [-0.25, -0.2) is 4.98 Å². The van der Waals surface area contributed by atoms with Crippen molar-refractivity contribution in [3.63, 3.8) is 0 Å². The minimum atomic E-state index is -0.876. The molecule has 2 heterocycles. The largest absolute Gasteiger partial charge is 0.387 e. The van der Waals surface area contributed by atoms with Crippen LogP contribution in [0.2, 0.25) is 0 Å². The van der Waals surface area contributed by atoms with E-state index in [4.69, 9.17) is 9.72 Å². The molecule has 3 rings (SSSR count). The fraction of sp³-hybridized carbons (Fsp3) is 0.545. The number of hydrogen-bond acceptors (Lipinski definition) is 6. The Labute approximate surface area is 206 Å². The van der Waals surface area contributed by atoms with Gasteiger partial charge in [0.15, 0.2) is 5.96 Å². The molecule has 1 atom stereocenters. The summed E-state index contributed by atoms with van der Waals surface area (Å²) in [6.07, 6.45) is 0.817. The fourth-order valence-corrected chi connectivity index (χ4v) is 4.19. The predicted molar refractivity (Wildman–Crippen MR) is 139 cm³/mol. The van der Waals surface area contributed by atoms with Gasteiger partial charge in [-0.2, -0.15) is 0 Å². The first-order chi connectivity index (χ1) is 14.6. The molecule has 1 aliphatic heterocycles. The van der Waals surface area contributed by atoms with Gasteiger partial charge >= 0.3 is 0 Å². The van der Waals surface area contributed by atoms with Crippen molar-refractivity contribution >= 4 is 41.3 Å². The van der Waals surface area contributed by atoms with Gasteiger partial charge in [0.1, 0.15) is 5.01 Å². The van der Waals surface area contributed by atoms with Gasteiger partial charge < -0.3 is 20.5 Å². The van der Waals surface area contributed by atoms with Crippen molar-refractivity contribution in [1.82, 2.24) is 20.5 Å². The Kier molecular flexibility index (Phi) is 11.2. The van der Waals surface area contributed by atoms with Crippen molar-refractivity contribution in [1.29, 1.82) is 0 Å². The number of ether oxygens (including phenoxy) is 1. The topological polar surface area (TPSA) is 82.0 Å². The van der Waals surface area contributed by atoms with Crippen LogP contribution in [0.1, 0.15) is 19.5 Å². The molecule has 1 aromatic heterocycles. The highest BCUT2D eigenvalue weighted by Gasteiger charge is 2.25. The van der Waals surface area contributed by atoms with E-state index in [-0.39, 0.29) is 24.0 Å². The number of aromatic nitrogens is 1. The van der Waals surface area contributed by atoms with Crippen molar-refractivity contribution in [2.45, 2.75) is 25.9 Å². The lowest BCUT2D eigenvalue weighted by atomic mass is 10.1. The Hall–Kier alpha value is -1.27. The molecule has 2 aromatic rings. The van der Waals surface area contributed by atoms with Crippen molar-refractivity contribution < 1.29 is 9.84 Å².